The molecular weight excluding hydrogens is 208 g/mol. The fraction of sp³-hybridized carbons (Fsp3) is 0.636. The van der Waals surface area contributed by atoms with Crippen molar-refractivity contribution in [3.8, 4) is 0 Å². The summed E-state index contributed by atoms with van der Waals surface area (Å²) in [6, 6.07) is -0.249. The third kappa shape index (κ3) is 2.53. The van der Waals surface area contributed by atoms with Gasteiger partial charge in [-0.15, -0.1) is 0 Å². The van der Waals surface area contributed by atoms with E-state index in [-0.39, 0.29) is 12.1 Å². The van der Waals surface area contributed by atoms with E-state index < -0.39 is 11.5 Å². The van der Waals surface area contributed by atoms with Gasteiger partial charge in [-0.1, -0.05) is 12.2 Å². The molecule has 1 rings (SSSR count). The fourth-order valence-corrected chi connectivity index (χ4v) is 1.40. The van der Waals surface area contributed by atoms with Gasteiger partial charge in [0.05, 0.1) is 0 Å². The first-order valence-corrected chi connectivity index (χ1v) is 5.28. The molecule has 90 valence electrons. The first-order valence-electron chi connectivity index (χ1n) is 5.28. The number of carboxylic acids is 1. The van der Waals surface area contributed by atoms with Gasteiger partial charge >= 0.3 is 12.0 Å². The molecule has 0 fully saturated rings. The molecule has 0 heterocycles. The zero-order chi connectivity index (χ0) is 12.3. The third-order valence-electron chi connectivity index (χ3n) is 3.00. The Bertz CT molecular complexity index is 315. The van der Waals surface area contributed by atoms with Crippen LogP contribution in [0.3, 0.4) is 0 Å². The molecule has 5 heteroatoms. The minimum Gasteiger partial charge on any atom is -0.480 e. The molecule has 2 N–H and O–H groups in total. The smallest absolute Gasteiger partial charge is 0.329 e. The van der Waals surface area contributed by atoms with Crippen LogP contribution in [0.5, 0.6) is 0 Å². The van der Waals surface area contributed by atoms with Crippen LogP contribution in [0.4, 0.5) is 4.79 Å². The first kappa shape index (κ1) is 12.5. The topological polar surface area (TPSA) is 69.6 Å². The van der Waals surface area contributed by atoms with E-state index in [0.29, 0.717) is 0 Å². The summed E-state index contributed by atoms with van der Waals surface area (Å²) in [5.41, 5.74) is -1.20. The molecule has 2 amide bonds. The van der Waals surface area contributed by atoms with Gasteiger partial charge in [0.15, 0.2) is 0 Å². The number of carboxylic acid groups (broad SMARTS) is 1. The number of rotatable bonds is 3. The van der Waals surface area contributed by atoms with Crippen molar-refractivity contribution in [1.29, 1.82) is 0 Å². The lowest BCUT2D eigenvalue weighted by molar-refractivity contribution is -0.146. The van der Waals surface area contributed by atoms with Crippen molar-refractivity contribution in [2.24, 2.45) is 0 Å². The van der Waals surface area contributed by atoms with Crippen LogP contribution in [-0.2, 0) is 4.79 Å². The highest BCUT2D eigenvalue weighted by atomic mass is 16.4. The molecule has 0 radical (unpaired) electrons. The lowest BCUT2D eigenvalue weighted by Gasteiger charge is -2.32. The predicted molar refractivity (Wildman–Crippen MR) is 60.2 cm³/mol. The number of hydrogen-bond acceptors (Lipinski definition) is 2. The zero-order valence-electron chi connectivity index (χ0n) is 9.86. The maximum absolute atomic E-state index is 11.8. The summed E-state index contributed by atoms with van der Waals surface area (Å²) in [5.74, 6) is -1.02. The van der Waals surface area contributed by atoms with Crippen molar-refractivity contribution in [1.82, 2.24) is 10.2 Å². The van der Waals surface area contributed by atoms with Gasteiger partial charge in [-0.05, 0) is 26.7 Å². The quantitative estimate of drug-likeness (QED) is 0.711. The van der Waals surface area contributed by atoms with Gasteiger partial charge < -0.3 is 15.3 Å². The molecule has 1 aliphatic rings. The lowest BCUT2D eigenvalue weighted by Crippen LogP contribution is -2.55. The lowest BCUT2D eigenvalue weighted by atomic mass is 10.0. The zero-order valence-corrected chi connectivity index (χ0v) is 9.86. The van der Waals surface area contributed by atoms with E-state index in [1.54, 1.807) is 0 Å². The number of amides is 2. The Balaban J connectivity index is 2.56. The van der Waals surface area contributed by atoms with Crippen molar-refractivity contribution < 1.29 is 14.7 Å². The molecule has 0 aromatic heterocycles. The van der Waals surface area contributed by atoms with Crippen molar-refractivity contribution in [2.45, 2.75) is 38.3 Å². The minimum atomic E-state index is -1.20. The Labute approximate surface area is 95.1 Å². The standard InChI is InChI=1S/C11H18N2O3/c1-11(2,9(14)15)13(3)10(16)12-8-6-4-5-7-8/h4-5,8H,6-7H2,1-3H3,(H,12,16)(H,14,15). The first-order chi connectivity index (χ1) is 7.35. The van der Waals surface area contributed by atoms with Crippen LogP contribution >= 0.6 is 0 Å². The van der Waals surface area contributed by atoms with E-state index in [9.17, 15) is 9.59 Å². The molecule has 5 nitrogen and oxygen atoms in total. The van der Waals surface area contributed by atoms with Gasteiger partial charge in [-0.25, -0.2) is 9.59 Å². The number of urea groups is 1. The van der Waals surface area contributed by atoms with Gasteiger partial charge in [0.25, 0.3) is 0 Å². The molecule has 0 saturated heterocycles. The van der Waals surface area contributed by atoms with E-state index in [0.717, 1.165) is 12.8 Å². The highest BCUT2D eigenvalue weighted by Crippen LogP contribution is 2.14. The number of carbonyl (C=O) groups is 2. The largest absolute Gasteiger partial charge is 0.480 e. The van der Waals surface area contributed by atoms with Gasteiger partial charge in [0.1, 0.15) is 5.54 Å². The number of carbonyl (C=O) groups excluding carboxylic acids is 1. The molecular formula is C11H18N2O3. The van der Waals surface area contributed by atoms with E-state index in [1.807, 2.05) is 12.2 Å². The highest BCUT2D eigenvalue weighted by molar-refractivity contribution is 5.85. The number of aliphatic carboxylic acids is 1. The van der Waals surface area contributed by atoms with E-state index in [2.05, 4.69) is 5.32 Å². The van der Waals surface area contributed by atoms with Crippen molar-refractivity contribution >= 4 is 12.0 Å². The molecule has 0 saturated carbocycles. The van der Waals surface area contributed by atoms with Crippen molar-refractivity contribution in [3.05, 3.63) is 12.2 Å². The Kier molecular flexibility index (Phi) is 3.57. The maximum atomic E-state index is 11.8. The van der Waals surface area contributed by atoms with E-state index in [1.165, 1.54) is 25.8 Å². The van der Waals surface area contributed by atoms with E-state index in [4.69, 9.17) is 5.11 Å². The van der Waals surface area contributed by atoms with Crippen molar-refractivity contribution in [3.63, 3.8) is 0 Å². The van der Waals surface area contributed by atoms with Crippen LogP contribution in [0, 0.1) is 0 Å². The molecule has 0 bridgehead atoms. The summed E-state index contributed by atoms with van der Waals surface area (Å²) in [5, 5.41) is 11.8. The summed E-state index contributed by atoms with van der Waals surface area (Å²) in [4.78, 5) is 24.0. The Morgan fingerprint density at radius 3 is 2.31 bits per heavy atom. The van der Waals surface area contributed by atoms with Gasteiger partial charge in [-0.3, -0.25) is 0 Å². The molecule has 0 aromatic carbocycles. The normalized spacial score (nSPS) is 16.2. The van der Waals surface area contributed by atoms with Gasteiger partial charge in [0, 0.05) is 13.1 Å². The van der Waals surface area contributed by atoms with Crippen LogP contribution in [-0.4, -0.2) is 40.6 Å². The highest BCUT2D eigenvalue weighted by Gasteiger charge is 2.35. The SMILES string of the molecule is CN(C(=O)NC1CC=CC1)C(C)(C)C(=O)O. The Morgan fingerprint density at radius 2 is 1.88 bits per heavy atom. The summed E-state index contributed by atoms with van der Waals surface area (Å²) in [6.45, 7) is 3.00. The monoisotopic (exact) mass is 226 g/mol. The second kappa shape index (κ2) is 4.55. The molecule has 0 aliphatic heterocycles. The summed E-state index contributed by atoms with van der Waals surface area (Å²) in [6.07, 6.45) is 5.64. The Hall–Kier alpha value is -1.52. The third-order valence-corrected chi connectivity index (χ3v) is 3.00. The average molecular weight is 226 g/mol. The van der Waals surface area contributed by atoms with Crippen LogP contribution in [0.15, 0.2) is 12.2 Å². The van der Waals surface area contributed by atoms with Crippen LogP contribution in [0.25, 0.3) is 0 Å². The van der Waals surface area contributed by atoms with Crippen molar-refractivity contribution in [2.75, 3.05) is 7.05 Å². The van der Waals surface area contributed by atoms with Crippen LogP contribution in [0.1, 0.15) is 26.7 Å². The van der Waals surface area contributed by atoms with Crippen LogP contribution < -0.4 is 5.32 Å². The Morgan fingerprint density at radius 1 is 1.38 bits per heavy atom. The maximum Gasteiger partial charge on any atom is 0.329 e. The molecule has 0 aromatic rings. The predicted octanol–water partition coefficient (Wildman–Crippen LogP) is 1.21. The number of hydrogen-bond donors (Lipinski definition) is 2. The molecule has 16 heavy (non-hydrogen) atoms. The van der Waals surface area contributed by atoms with Gasteiger partial charge in [-0.2, -0.15) is 0 Å². The fourth-order valence-electron chi connectivity index (χ4n) is 1.40. The molecule has 0 atom stereocenters. The van der Waals surface area contributed by atoms with Crippen LogP contribution in [0.2, 0.25) is 0 Å². The second-order valence-electron chi connectivity index (χ2n) is 4.51. The van der Waals surface area contributed by atoms with E-state index >= 15 is 0 Å². The number of likely N-dealkylation sites (N-methyl/N-ethyl adjacent to an activating group) is 1. The minimum absolute atomic E-state index is 0.0968. The number of nitrogens with one attached hydrogen (secondary N) is 1. The second-order valence-corrected chi connectivity index (χ2v) is 4.51. The van der Waals surface area contributed by atoms with Gasteiger partial charge in [0.2, 0.25) is 0 Å². The molecule has 0 spiro atoms. The summed E-state index contributed by atoms with van der Waals surface area (Å²) >= 11 is 0. The molecule has 1 aliphatic carbocycles. The summed E-state index contributed by atoms with van der Waals surface area (Å²) in [7, 11) is 1.49. The summed E-state index contributed by atoms with van der Waals surface area (Å²) < 4.78 is 0. The average Bonchev–Trinajstić information content (AvgIpc) is 2.68. The molecule has 0 unspecified atom stereocenters. The number of nitrogens with zero attached hydrogens (tertiary/aromatic N) is 1.